The summed E-state index contributed by atoms with van der Waals surface area (Å²) in [5.41, 5.74) is 4.49. The Morgan fingerprint density at radius 2 is 1.54 bits per heavy atom. The van der Waals surface area contributed by atoms with Crippen LogP contribution in [0.15, 0.2) is 72.8 Å². The molecule has 0 saturated heterocycles. The lowest BCUT2D eigenvalue weighted by Gasteiger charge is -2.34. The van der Waals surface area contributed by atoms with E-state index < -0.39 is 0 Å². The van der Waals surface area contributed by atoms with Crippen LogP contribution in [-0.2, 0) is 11.7 Å². The number of nitrogens with one attached hydrogen (secondary N) is 1. The standard InChI is InChI=1S/C25H30NOP/c1-4-25(5-2,22-16-11-12-19(3)24(22)27)28-23-17-10-9-13-20(23)18-26-21-14-7-6-8-15-21/h6-17,26-28H,4-5,18H2,1-3H3. The van der Waals surface area contributed by atoms with E-state index in [9.17, 15) is 5.11 Å². The zero-order chi connectivity index (χ0) is 20.0. The predicted molar refractivity (Wildman–Crippen MR) is 123 cm³/mol. The van der Waals surface area contributed by atoms with Gasteiger partial charge in [0.05, 0.1) is 0 Å². The van der Waals surface area contributed by atoms with Crippen molar-refractivity contribution in [1.29, 1.82) is 0 Å². The molecule has 0 saturated carbocycles. The van der Waals surface area contributed by atoms with E-state index in [2.05, 4.69) is 79.8 Å². The third-order valence-corrected chi connectivity index (χ3v) is 7.82. The van der Waals surface area contributed by atoms with Gasteiger partial charge in [-0.15, -0.1) is 0 Å². The molecule has 3 heteroatoms. The van der Waals surface area contributed by atoms with Gasteiger partial charge >= 0.3 is 0 Å². The van der Waals surface area contributed by atoms with Gasteiger partial charge in [-0.25, -0.2) is 0 Å². The number of hydrogen-bond donors (Lipinski definition) is 2. The Bertz CT molecular complexity index is 903. The molecular formula is C25H30NOP. The molecule has 2 nitrogen and oxygen atoms in total. The second-order valence-corrected chi connectivity index (χ2v) is 9.01. The van der Waals surface area contributed by atoms with Gasteiger partial charge in [-0.3, -0.25) is 0 Å². The number of phenolic OH excluding ortho intramolecular Hbond substituents is 1. The summed E-state index contributed by atoms with van der Waals surface area (Å²) >= 11 is 0. The number of rotatable bonds is 8. The van der Waals surface area contributed by atoms with Crippen LogP contribution in [0.4, 0.5) is 5.69 Å². The minimum absolute atomic E-state index is 0.0427. The second-order valence-electron chi connectivity index (χ2n) is 7.26. The van der Waals surface area contributed by atoms with Crippen molar-refractivity contribution in [2.75, 3.05) is 5.32 Å². The zero-order valence-corrected chi connectivity index (χ0v) is 18.0. The van der Waals surface area contributed by atoms with Crippen LogP contribution in [0.25, 0.3) is 0 Å². The summed E-state index contributed by atoms with van der Waals surface area (Å²) < 4.78 is 0. The number of aromatic hydroxyl groups is 1. The van der Waals surface area contributed by atoms with Gasteiger partial charge in [0.25, 0.3) is 0 Å². The molecule has 0 aliphatic rings. The lowest BCUT2D eigenvalue weighted by Crippen LogP contribution is -2.24. The van der Waals surface area contributed by atoms with E-state index in [0.29, 0.717) is 14.3 Å². The molecule has 3 rings (SSSR count). The molecule has 1 unspecified atom stereocenters. The first-order valence-electron chi connectivity index (χ1n) is 10.0. The maximum Gasteiger partial charge on any atom is 0.122 e. The smallest absolute Gasteiger partial charge is 0.122 e. The molecule has 0 spiro atoms. The van der Waals surface area contributed by atoms with E-state index in [-0.39, 0.29) is 5.16 Å². The number of phenols is 1. The quantitative estimate of drug-likeness (QED) is 0.440. The van der Waals surface area contributed by atoms with Crippen LogP contribution in [0.5, 0.6) is 5.75 Å². The first-order chi connectivity index (χ1) is 13.6. The van der Waals surface area contributed by atoms with E-state index >= 15 is 0 Å². The van der Waals surface area contributed by atoms with Gasteiger partial charge in [0, 0.05) is 23.0 Å². The summed E-state index contributed by atoms with van der Waals surface area (Å²) in [6.07, 6.45) is 2.00. The van der Waals surface area contributed by atoms with Crippen molar-refractivity contribution in [3.63, 3.8) is 0 Å². The minimum atomic E-state index is -0.0427. The van der Waals surface area contributed by atoms with Gasteiger partial charge in [-0.1, -0.05) is 83.1 Å². The summed E-state index contributed by atoms with van der Waals surface area (Å²) in [6.45, 7) is 7.26. The van der Waals surface area contributed by atoms with Crippen LogP contribution < -0.4 is 10.6 Å². The summed E-state index contributed by atoms with van der Waals surface area (Å²) in [5, 5.41) is 15.7. The lowest BCUT2D eigenvalue weighted by molar-refractivity contribution is 0.444. The molecule has 0 aliphatic carbocycles. The fourth-order valence-corrected chi connectivity index (χ4v) is 5.44. The first-order valence-corrected chi connectivity index (χ1v) is 11.0. The van der Waals surface area contributed by atoms with Gasteiger partial charge < -0.3 is 10.4 Å². The third kappa shape index (κ3) is 4.39. The maximum atomic E-state index is 10.8. The Hall–Kier alpha value is -2.31. The second kappa shape index (κ2) is 9.26. The molecule has 0 fully saturated rings. The molecule has 146 valence electrons. The molecule has 28 heavy (non-hydrogen) atoms. The highest BCUT2D eigenvalue weighted by Crippen LogP contribution is 2.50. The predicted octanol–water partition coefficient (Wildman–Crippen LogP) is 6.33. The van der Waals surface area contributed by atoms with Crippen LogP contribution in [0, 0.1) is 6.92 Å². The summed E-state index contributed by atoms with van der Waals surface area (Å²) in [6, 6.07) is 25.2. The summed E-state index contributed by atoms with van der Waals surface area (Å²) in [4.78, 5) is 0. The van der Waals surface area contributed by atoms with Gasteiger partial charge in [-0.2, -0.15) is 0 Å². The van der Waals surface area contributed by atoms with Crippen LogP contribution in [0.3, 0.4) is 0 Å². The molecule has 0 radical (unpaired) electrons. The molecule has 0 amide bonds. The molecule has 3 aromatic carbocycles. The van der Waals surface area contributed by atoms with E-state index in [4.69, 9.17) is 0 Å². The number of para-hydroxylation sites is 2. The van der Waals surface area contributed by atoms with Crippen molar-refractivity contribution >= 4 is 19.6 Å². The topological polar surface area (TPSA) is 32.3 Å². The largest absolute Gasteiger partial charge is 0.507 e. The van der Waals surface area contributed by atoms with Crippen molar-refractivity contribution in [2.45, 2.75) is 45.3 Å². The fraction of sp³-hybridized carbons (Fsp3) is 0.280. The van der Waals surface area contributed by atoms with Gasteiger partial charge in [0.2, 0.25) is 0 Å². The average molecular weight is 391 g/mol. The van der Waals surface area contributed by atoms with E-state index in [1.807, 2.05) is 19.1 Å². The van der Waals surface area contributed by atoms with Crippen molar-refractivity contribution in [2.24, 2.45) is 0 Å². The number of benzene rings is 3. The fourth-order valence-electron chi connectivity index (χ4n) is 3.73. The van der Waals surface area contributed by atoms with E-state index in [1.165, 1.54) is 10.9 Å². The van der Waals surface area contributed by atoms with E-state index in [1.54, 1.807) is 0 Å². The third-order valence-electron chi connectivity index (χ3n) is 5.61. The van der Waals surface area contributed by atoms with Crippen LogP contribution in [-0.4, -0.2) is 5.11 Å². The SMILES string of the molecule is CCC(CC)(Pc1ccccc1CNc1ccccc1)c1cccc(C)c1O. The molecule has 0 aromatic heterocycles. The highest BCUT2D eigenvalue weighted by Gasteiger charge is 2.32. The van der Waals surface area contributed by atoms with Crippen LogP contribution in [0.1, 0.15) is 43.4 Å². The minimum Gasteiger partial charge on any atom is -0.507 e. The molecular weight excluding hydrogens is 361 g/mol. The monoisotopic (exact) mass is 391 g/mol. The van der Waals surface area contributed by atoms with Crippen LogP contribution >= 0.6 is 8.58 Å². The van der Waals surface area contributed by atoms with Gasteiger partial charge in [-0.05, 0) is 48.3 Å². The molecule has 0 bridgehead atoms. The van der Waals surface area contributed by atoms with Gasteiger partial charge in [0.15, 0.2) is 0 Å². The Morgan fingerprint density at radius 1 is 0.857 bits per heavy atom. The van der Waals surface area contributed by atoms with Crippen LogP contribution in [0.2, 0.25) is 0 Å². The summed E-state index contributed by atoms with van der Waals surface area (Å²) in [7, 11) is 0.602. The van der Waals surface area contributed by atoms with Crippen molar-refractivity contribution < 1.29 is 5.11 Å². The number of anilines is 1. The van der Waals surface area contributed by atoms with Crippen molar-refractivity contribution in [3.8, 4) is 5.75 Å². The summed E-state index contributed by atoms with van der Waals surface area (Å²) in [5.74, 6) is 0.457. The average Bonchev–Trinajstić information content (AvgIpc) is 2.74. The molecule has 0 aliphatic heterocycles. The van der Waals surface area contributed by atoms with Crippen molar-refractivity contribution in [3.05, 3.63) is 89.5 Å². The highest BCUT2D eigenvalue weighted by molar-refractivity contribution is 7.48. The molecule has 3 aromatic rings. The van der Waals surface area contributed by atoms with Gasteiger partial charge in [0.1, 0.15) is 5.75 Å². The first kappa shape index (κ1) is 20.4. The van der Waals surface area contributed by atoms with Crippen molar-refractivity contribution in [1.82, 2.24) is 0 Å². The van der Waals surface area contributed by atoms with E-state index in [0.717, 1.165) is 36.2 Å². The highest BCUT2D eigenvalue weighted by atomic mass is 31.1. The Labute approximate surface area is 170 Å². The number of hydrogen-bond acceptors (Lipinski definition) is 2. The Morgan fingerprint density at radius 3 is 2.25 bits per heavy atom. The number of aryl methyl sites for hydroxylation is 1. The Kier molecular flexibility index (Phi) is 6.75. The molecule has 2 N–H and O–H groups in total. The normalized spacial score (nSPS) is 11.8. The molecule has 1 atom stereocenters. The Balaban J connectivity index is 1.91. The maximum absolute atomic E-state index is 10.8. The zero-order valence-electron chi connectivity index (χ0n) is 17.0. The lowest BCUT2D eigenvalue weighted by atomic mass is 9.90. The molecule has 0 heterocycles.